The Bertz CT molecular complexity index is 1420. The molecule has 0 saturated heterocycles. The number of ketones is 1. The smallest absolute Gasteiger partial charge is 0.297 e. The zero-order chi connectivity index (χ0) is 22.8. The topological polar surface area (TPSA) is 98.6 Å². The molecule has 3 aromatic carbocycles. The Morgan fingerprint density at radius 1 is 1.00 bits per heavy atom. The molecule has 33 heavy (non-hydrogen) atoms. The Labute approximate surface area is 190 Å². The zero-order valence-corrected chi connectivity index (χ0v) is 18.3. The minimum atomic E-state index is -0.00124. The van der Waals surface area contributed by atoms with Crippen molar-refractivity contribution in [3.63, 3.8) is 0 Å². The SMILES string of the molecule is CCOc1nc2cccc(C(C)=O)c2n1Cc1ccc(-c2ccccc2-c2nnn[nH]2)cc1. The first-order chi connectivity index (χ1) is 16.2. The van der Waals surface area contributed by atoms with Crippen molar-refractivity contribution in [1.29, 1.82) is 0 Å². The molecule has 0 bridgehead atoms. The van der Waals surface area contributed by atoms with Crippen LogP contribution in [0.5, 0.6) is 6.01 Å². The van der Waals surface area contributed by atoms with Crippen molar-refractivity contribution in [2.45, 2.75) is 20.4 Å². The fourth-order valence-electron chi connectivity index (χ4n) is 4.02. The second-order valence-corrected chi connectivity index (χ2v) is 7.64. The largest absolute Gasteiger partial charge is 0.465 e. The summed E-state index contributed by atoms with van der Waals surface area (Å²) in [4.78, 5) is 16.9. The molecular formula is C25H22N6O2. The quantitative estimate of drug-likeness (QED) is 0.375. The van der Waals surface area contributed by atoms with E-state index in [4.69, 9.17) is 4.74 Å². The van der Waals surface area contributed by atoms with Crippen LogP contribution in [0.4, 0.5) is 0 Å². The summed E-state index contributed by atoms with van der Waals surface area (Å²) in [6.45, 7) is 4.52. The molecule has 2 aromatic heterocycles. The van der Waals surface area contributed by atoms with Crippen LogP contribution in [0.25, 0.3) is 33.5 Å². The summed E-state index contributed by atoms with van der Waals surface area (Å²) < 4.78 is 7.77. The highest BCUT2D eigenvalue weighted by molar-refractivity contribution is 6.05. The standard InChI is InChI=1S/C25H22N6O2/c1-3-33-25-26-22-10-6-9-19(16(2)32)23(22)31(25)15-17-11-13-18(14-12-17)20-7-4-5-8-21(20)24-27-29-30-28-24/h4-14H,3,15H2,1-2H3,(H,27,28,29,30). The van der Waals surface area contributed by atoms with E-state index in [2.05, 4.69) is 49.9 Å². The summed E-state index contributed by atoms with van der Waals surface area (Å²) in [5, 5.41) is 14.3. The third kappa shape index (κ3) is 3.87. The molecule has 164 valence electrons. The second kappa shape index (κ2) is 8.66. The molecule has 5 rings (SSSR count). The van der Waals surface area contributed by atoms with Gasteiger partial charge in [0.2, 0.25) is 0 Å². The van der Waals surface area contributed by atoms with Crippen LogP contribution in [0.15, 0.2) is 66.7 Å². The Kier molecular flexibility index (Phi) is 5.40. The minimum absolute atomic E-state index is 0.00124. The van der Waals surface area contributed by atoms with Crippen molar-refractivity contribution < 1.29 is 9.53 Å². The van der Waals surface area contributed by atoms with E-state index in [0.29, 0.717) is 30.5 Å². The second-order valence-electron chi connectivity index (χ2n) is 7.64. The first kappa shape index (κ1) is 20.6. The molecule has 0 spiro atoms. The normalized spacial score (nSPS) is 11.1. The molecule has 5 aromatic rings. The minimum Gasteiger partial charge on any atom is -0.465 e. The number of H-pyrrole nitrogens is 1. The number of hydrogen-bond donors (Lipinski definition) is 1. The monoisotopic (exact) mass is 438 g/mol. The van der Waals surface area contributed by atoms with Gasteiger partial charge in [-0.1, -0.05) is 54.6 Å². The number of aromatic nitrogens is 6. The number of tetrazole rings is 1. The van der Waals surface area contributed by atoms with E-state index < -0.39 is 0 Å². The molecule has 8 nitrogen and oxygen atoms in total. The van der Waals surface area contributed by atoms with Crippen LogP contribution in [-0.2, 0) is 6.54 Å². The Morgan fingerprint density at radius 3 is 2.48 bits per heavy atom. The van der Waals surface area contributed by atoms with E-state index in [-0.39, 0.29) is 5.78 Å². The lowest BCUT2D eigenvalue weighted by atomic mass is 9.98. The predicted octanol–water partition coefficient (Wildman–Crippen LogP) is 4.53. The maximum absolute atomic E-state index is 12.3. The summed E-state index contributed by atoms with van der Waals surface area (Å²) in [7, 11) is 0. The van der Waals surface area contributed by atoms with Crippen molar-refractivity contribution in [2.75, 3.05) is 6.61 Å². The summed E-state index contributed by atoms with van der Waals surface area (Å²) in [5.74, 6) is 0.622. The van der Waals surface area contributed by atoms with Crippen molar-refractivity contribution >= 4 is 16.8 Å². The number of carbonyl (C=O) groups excluding carboxylic acids is 1. The van der Waals surface area contributed by atoms with Crippen LogP contribution in [0.3, 0.4) is 0 Å². The molecule has 1 N–H and O–H groups in total. The van der Waals surface area contributed by atoms with Crippen LogP contribution >= 0.6 is 0 Å². The Morgan fingerprint density at radius 2 is 1.79 bits per heavy atom. The average Bonchev–Trinajstić information content (AvgIpc) is 3.49. The van der Waals surface area contributed by atoms with Gasteiger partial charge in [-0.05, 0) is 53.1 Å². The summed E-state index contributed by atoms with van der Waals surface area (Å²) in [6, 6.07) is 22.4. The van der Waals surface area contributed by atoms with Gasteiger partial charge in [-0.2, -0.15) is 4.98 Å². The van der Waals surface area contributed by atoms with Crippen molar-refractivity contribution in [3.8, 4) is 28.5 Å². The lowest BCUT2D eigenvalue weighted by Gasteiger charge is -2.12. The first-order valence-electron chi connectivity index (χ1n) is 10.7. The number of fused-ring (bicyclic) bond motifs is 1. The van der Waals surface area contributed by atoms with E-state index in [0.717, 1.165) is 33.3 Å². The molecule has 0 radical (unpaired) electrons. The average molecular weight is 438 g/mol. The van der Waals surface area contributed by atoms with Gasteiger partial charge in [0.05, 0.1) is 24.2 Å². The summed E-state index contributed by atoms with van der Waals surface area (Å²) in [5.41, 5.74) is 6.26. The van der Waals surface area contributed by atoms with Gasteiger partial charge in [-0.25, -0.2) is 5.10 Å². The number of aromatic amines is 1. The third-order valence-corrected chi connectivity index (χ3v) is 5.52. The number of Topliss-reactive ketones (excluding diaryl/α,β-unsaturated/α-hetero) is 1. The molecule has 0 saturated carbocycles. The predicted molar refractivity (Wildman–Crippen MR) is 125 cm³/mol. The number of ether oxygens (including phenoxy) is 1. The van der Waals surface area contributed by atoms with Gasteiger partial charge in [0.1, 0.15) is 0 Å². The zero-order valence-electron chi connectivity index (χ0n) is 18.3. The maximum atomic E-state index is 12.3. The van der Waals surface area contributed by atoms with Gasteiger partial charge in [0.15, 0.2) is 11.6 Å². The van der Waals surface area contributed by atoms with Crippen molar-refractivity contribution in [3.05, 3.63) is 77.9 Å². The molecule has 0 aliphatic carbocycles. The highest BCUT2D eigenvalue weighted by atomic mass is 16.5. The van der Waals surface area contributed by atoms with Gasteiger partial charge in [0, 0.05) is 11.1 Å². The molecule has 0 unspecified atom stereocenters. The molecule has 0 aliphatic heterocycles. The fourth-order valence-corrected chi connectivity index (χ4v) is 4.02. The molecule has 8 heteroatoms. The number of imidazole rings is 1. The first-order valence-corrected chi connectivity index (χ1v) is 10.7. The third-order valence-electron chi connectivity index (χ3n) is 5.52. The molecule has 0 atom stereocenters. The molecular weight excluding hydrogens is 416 g/mol. The number of carbonyl (C=O) groups is 1. The lowest BCUT2D eigenvalue weighted by molar-refractivity contribution is 0.101. The Hall–Kier alpha value is -4.33. The summed E-state index contributed by atoms with van der Waals surface area (Å²) in [6.07, 6.45) is 0. The highest BCUT2D eigenvalue weighted by Gasteiger charge is 2.18. The van der Waals surface area contributed by atoms with Crippen LogP contribution in [0.2, 0.25) is 0 Å². The van der Waals surface area contributed by atoms with Gasteiger partial charge >= 0.3 is 0 Å². The summed E-state index contributed by atoms with van der Waals surface area (Å²) >= 11 is 0. The number of para-hydroxylation sites is 1. The number of hydrogen-bond acceptors (Lipinski definition) is 6. The van der Waals surface area contributed by atoms with Crippen molar-refractivity contribution in [2.24, 2.45) is 0 Å². The number of nitrogens with zero attached hydrogens (tertiary/aromatic N) is 5. The van der Waals surface area contributed by atoms with Crippen LogP contribution in [0, 0.1) is 0 Å². The van der Waals surface area contributed by atoms with E-state index in [9.17, 15) is 4.79 Å². The van der Waals surface area contributed by atoms with Crippen LogP contribution < -0.4 is 4.74 Å². The molecule has 0 amide bonds. The van der Waals surface area contributed by atoms with Gasteiger partial charge < -0.3 is 4.74 Å². The van der Waals surface area contributed by atoms with E-state index in [1.54, 1.807) is 6.92 Å². The van der Waals surface area contributed by atoms with Crippen LogP contribution in [-0.4, -0.2) is 42.6 Å². The number of nitrogens with one attached hydrogen (secondary N) is 1. The van der Waals surface area contributed by atoms with E-state index in [1.807, 2.05) is 54.0 Å². The maximum Gasteiger partial charge on any atom is 0.297 e. The number of rotatable bonds is 7. The van der Waals surface area contributed by atoms with Crippen molar-refractivity contribution in [1.82, 2.24) is 30.2 Å². The molecule has 0 fully saturated rings. The van der Waals surface area contributed by atoms with E-state index in [1.165, 1.54) is 0 Å². The van der Waals surface area contributed by atoms with Crippen LogP contribution in [0.1, 0.15) is 29.8 Å². The highest BCUT2D eigenvalue weighted by Crippen LogP contribution is 2.31. The molecule has 2 heterocycles. The van der Waals surface area contributed by atoms with Gasteiger partial charge in [0.25, 0.3) is 6.01 Å². The van der Waals surface area contributed by atoms with E-state index >= 15 is 0 Å². The number of benzene rings is 3. The molecule has 0 aliphatic rings. The Balaban J connectivity index is 1.53. The van der Waals surface area contributed by atoms with Gasteiger partial charge in [-0.15, -0.1) is 5.10 Å². The fraction of sp³-hybridized carbons (Fsp3) is 0.160. The lowest BCUT2D eigenvalue weighted by Crippen LogP contribution is -2.07. The van der Waals surface area contributed by atoms with Gasteiger partial charge in [-0.3, -0.25) is 9.36 Å².